The van der Waals surface area contributed by atoms with Gasteiger partial charge in [0.05, 0.1) is 5.01 Å². The van der Waals surface area contributed by atoms with E-state index in [4.69, 9.17) is 4.74 Å². The second kappa shape index (κ2) is 9.34. The largest absolute Gasteiger partial charge is 0.381 e. The highest BCUT2D eigenvalue weighted by atomic mass is 32.1. The van der Waals surface area contributed by atoms with Crippen molar-refractivity contribution in [2.24, 2.45) is 4.99 Å². The van der Waals surface area contributed by atoms with Crippen molar-refractivity contribution in [3.63, 3.8) is 0 Å². The van der Waals surface area contributed by atoms with Crippen molar-refractivity contribution in [2.45, 2.75) is 38.1 Å². The summed E-state index contributed by atoms with van der Waals surface area (Å²) < 4.78 is 5.53. The van der Waals surface area contributed by atoms with E-state index in [2.05, 4.69) is 46.5 Å². The lowest BCUT2D eigenvalue weighted by atomic mass is 9.88. The molecule has 0 saturated carbocycles. The van der Waals surface area contributed by atoms with Crippen molar-refractivity contribution >= 4 is 17.3 Å². The summed E-state index contributed by atoms with van der Waals surface area (Å²) in [6, 6.07) is 0. The third-order valence-electron chi connectivity index (χ3n) is 4.76. The molecule has 2 heterocycles. The number of hydrogen-bond acceptors (Lipinski definition) is 5. The van der Waals surface area contributed by atoms with Crippen LogP contribution in [0.15, 0.2) is 11.2 Å². The molecule has 1 aliphatic heterocycles. The van der Waals surface area contributed by atoms with Crippen molar-refractivity contribution in [2.75, 3.05) is 47.4 Å². The molecule has 0 unspecified atom stereocenters. The summed E-state index contributed by atoms with van der Waals surface area (Å²) in [5, 5.41) is 8.07. The van der Waals surface area contributed by atoms with Crippen molar-refractivity contribution < 1.29 is 4.74 Å². The molecule has 2 rings (SSSR count). The molecular formula is C17H31N5OS. The molecule has 2 N–H and O–H groups in total. The van der Waals surface area contributed by atoms with Crippen molar-refractivity contribution in [1.82, 2.24) is 20.5 Å². The number of hydrogen-bond donors (Lipinski definition) is 2. The number of likely N-dealkylation sites (N-methyl/N-ethyl adjacent to an activating group) is 1. The fraction of sp³-hybridized carbons (Fsp3) is 0.765. The summed E-state index contributed by atoms with van der Waals surface area (Å²) in [6.07, 6.45) is 6.06. The Morgan fingerprint density at radius 2 is 2.12 bits per heavy atom. The summed E-state index contributed by atoms with van der Waals surface area (Å²) >= 11 is 1.80. The summed E-state index contributed by atoms with van der Waals surface area (Å²) in [7, 11) is 6.12. The minimum Gasteiger partial charge on any atom is -0.381 e. The third kappa shape index (κ3) is 5.16. The summed E-state index contributed by atoms with van der Waals surface area (Å²) in [4.78, 5) is 12.5. The van der Waals surface area contributed by atoms with Crippen LogP contribution in [0, 0.1) is 0 Å². The third-order valence-corrected chi connectivity index (χ3v) is 5.96. The Kier molecular flexibility index (Phi) is 7.45. The molecule has 7 heteroatoms. The van der Waals surface area contributed by atoms with E-state index in [1.807, 2.05) is 13.2 Å². The van der Waals surface area contributed by atoms with E-state index >= 15 is 0 Å². The molecule has 0 spiro atoms. The first-order valence-corrected chi connectivity index (χ1v) is 9.54. The van der Waals surface area contributed by atoms with Crippen LogP contribution < -0.4 is 10.6 Å². The van der Waals surface area contributed by atoms with Gasteiger partial charge in [0.2, 0.25) is 0 Å². The maximum atomic E-state index is 5.53. The van der Waals surface area contributed by atoms with E-state index < -0.39 is 0 Å². The molecular weight excluding hydrogens is 322 g/mol. The number of aryl methyl sites for hydroxylation is 1. The molecule has 1 aromatic rings. The molecule has 0 radical (unpaired) electrons. The molecule has 1 aliphatic rings. The Morgan fingerprint density at radius 3 is 2.71 bits per heavy atom. The zero-order valence-corrected chi connectivity index (χ0v) is 16.2. The zero-order chi connectivity index (χ0) is 17.4. The molecule has 24 heavy (non-hydrogen) atoms. The topological polar surface area (TPSA) is 61.8 Å². The molecule has 0 aliphatic carbocycles. The smallest absolute Gasteiger partial charge is 0.191 e. The van der Waals surface area contributed by atoms with Crippen LogP contribution in [0.3, 0.4) is 0 Å². The second-order valence-electron chi connectivity index (χ2n) is 6.41. The maximum absolute atomic E-state index is 5.53. The highest BCUT2D eigenvalue weighted by Gasteiger charge is 2.34. The highest BCUT2D eigenvalue weighted by molar-refractivity contribution is 7.11. The minimum absolute atomic E-state index is 0.140. The van der Waals surface area contributed by atoms with Gasteiger partial charge in [-0.05, 0) is 33.4 Å². The second-order valence-corrected chi connectivity index (χ2v) is 7.61. The van der Waals surface area contributed by atoms with Gasteiger partial charge in [-0.2, -0.15) is 0 Å². The minimum atomic E-state index is 0.140. The molecule has 1 saturated heterocycles. The molecule has 1 aromatic heterocycles. The number of rotatable bonds is 7. The number of aliphatic imine (C=N–C) groups is 1. The van der Waals surface area contributed by atoms with E-state index in [9.17, 15) is 0 Å². The molecule has 136 valence electrons. The first-order chi connectivity index (χ1) is 11.6. The number of nitrogens with one attached hydrogen (secondary N) is 2. The van der Waals surface area contributed by atoms with Gasteiger partial charge in [-0.1, -0.05) is 6.92 Å². The molecule has 0 amide bonds. The predicted octanol–water partition coefficient (Wildman–Crippen LogP) is 1.52. The summed E-state index contributed by atoms with van der Waals surface area (Å²) in [5.74, 6) is 0.856. The number of guanidine groups is 1. The van der Waals surface area contributed by atoms with Crippen LogP contribution in [-0.2, 0) is 17.6 Å². The number of ether oxygens (including phenoxy) is 1. The lowest BCUT2D eigenvalue weighted by Crippen LogP contribution is -2.57. The van der Waals surface area contributed by atoms with Crippen LogP contribution in [0.2, 0.25) is 0 Å². The van der Waals surface area contributed by atoms with E-state index in [1.165, 1.54) is 9.88 Å². The van der Waals surface area contributed by atoms with Gasteiger partial charge in [0.1, 0.15) is 0 Å². The summed E-state index contributed by atoms with van der Waals surface area (Å²) in [5.41, 5.74) is 0.140. The van der Waals surface area contributed by atoms with Crippen LogP contribution in [0.4, 0.5) is 0 Å². The zero-order valence-electron chi connectivity index (χ0n) is 15.4. The fourth-order valence-corrected chi connectivity index (χ4v) is 3.78. The van der Waals surface area contributed by atoms with Crippen LogP contribution in [0.5, 0.6) is 0 Å². The average molecular weight is 354 g/mol. The Labute approximate surface area is 149 Å². The van der Waals surface area contributed by atoms with Crippen LogP contribution >= 0.6 is 11.3 Å². The van der Waals surface area contributed by atoms with Gasteiger partial charge >= 0.3 is 0 Å². The number of nitrogens with zero attached hydrogens (tertiary/aromatic N) is 3. The van der Waals surface area contributed by atoms with E-state index in [-0.39, 0.29) is 5.54 Å². The van der Waals surface area contributed by atoms with Crippen LogP contribution in [0.1, 0.15) is 29.7 Å². The standard InChI is InChI=1S/C17H31N5OS/c1-5-14-12-20-15(24-14)6-9-19-16(18-2)21-13-17(22(3)4)7-10-23-11-8-17/h12H,5-11,13H2,1-4H3,(H2,18,19,21). The van der Waals surface area contributed by atoms with Crippen molar-refractivity contribution in [3.05, 3.63) is 16.1 Å². The van der Waals surface area contributed by atoms with Crippen molar-refractivity contribution in [1.29, 1.82) is 0 Å². The van der Waals surface area contributed by atoms with Gasteiger partial charge in [-0.15, -0.1) is 11.3 Å². The van der Waals surface area contributed by atoms with E-state index in [1.54, 1.807) is 11.3 Å². The Hall–Kier alpha value is -1.18. The quantitative estimate of drug-likeness (QED) is 0.575. The normalized spacial score (nSPS) is 18.0. The van der Waals surface area contributed by atoms with Gasteiger partial charge < -0.3 is 20.3 Å². The molecule has 6 nitrogen and oxygen atoms in total. The molecule has 0 aromatic carbocycles. The molecule has 0 atom stereocenters. The predicted molar refractivity (Wildman–Crippen MR) is 101 cm³/mol. The van der Waals surface area contributed by atoms with Crippen LogP contribution in [0.25, 0.3) is 0 Å². The first kappa shape index (κ1) is 19.1. The Morgan fingerprint density at radius 1 is 1.38 bits per heavy atom. The Balaban J connectivity index is 1.79. The Bertz CT molecular complexity index is 523. The number of aromatic nitrogens is 1. The van der Waals surface area contributed by atoms with Gasteiger partial charge in [-0.3, -0.25) is 4.99 Å². The number of thiazole rings is 1. The summed E-state index contributed by atoms with van der Waals surface area (Å²) in [6.45, 7) is 5.54. The highest BCUT2D eigenvalue weighted by Crippen LogP contribution is 2.24. The van der Waals surface area contributed by atoms with E-state index in [0.717, 1.165) is 57.9 Å². The van der Waals surface area contributed by atoms with E-state index in [0.29, 0.717) is 0 Å². The lowest BCUT2D eigenvalue weighted by molar-refractivity contribution is -0.00500. The fourth-order valence-electron chi connectivity index (χ4n) is 2.92. The van der Waals surface area contributed by atoms with Crippen LogP contribution in [-0.4, -0.2) is 68.8 Å². The van der Waals surface area contributed by atoms with Gasteiger partial charge in [0.25, 0.3) is 0 Å². The molecule has 0 bridgehead atoms. The molecule has 1 fully saturated rings. The van der Waals surface area contributed by atoms with Crippen molar-refractivity contribution in [3.8, 4) is 0 Å². The SMILES string of the molecule is CCc1cnc(CCNC(=NC)NCC2(N(C)C)CCOCC2)s1. The average Bonchev–Trinajstić information content (AvgIpc) is 3.06. The lowest BCUT2D eigenvalue weighted by Gasteiger charge is -2.43. The maximum Gasteiger partial charge on any atom is 0.191 e. The van der Waals surface area contributed by atoms with Gasteiger partial charge in [0, 0.05) is 56.4 Å². The van der Waals surface area contributed by atoms with Gasteiger partial charge in [-0.25, -0.2) is 4.98 Å². The van der Waals surface area contributed by atoms with Gasteiger partial charge in [0.15, 0.2) is 5.96 Å². The first-order valence-electron chi connectivity index (χ1n) is 8.73. The monoisotopic (exact) mass is 353 g/mol.